The predicted molar refractivity (Wildman–Crippen MR) is 93.6 cm³/mol. The first-order chi connectivity index (χ1) is 11.7. The smallest absolute Gasteiger partial charge is 0.240 e. The van der Waals surface area contributed by atoms with Crippen LogP contribution in [0.25, 0.3) is 0 Å². The van der Waals surface area contributed by atoms with Gasteiger partial charge in [0.15, 0.2) is 5.79 Å². The number of hydrazone groups is 1. The Kier molecular flexibility index (Phi) is 6.06. The van der Waals surface area contributed by atoms with Gasteiger partial charge in [-0.05, 0) is 51.4 Å². The zero-order chi connectivity index (χ0) is 16.8. The van der Waals surface area contributed by atoms with E-state index in [1.165, 1.54) is 12.0 Å². The highest BCUT2D eigenvalue weighted by Crippen LogP contribution is 2.42. The van der Waals surface area contributed by atoms with Crippen LogP contribution in [0.5, 0.6) is 0 Å². The van der Waals surface area contributed by atoms with Gasteiger partial charge in [0.2, 0.25) is 5.91 Å². The fourth-order valence-corrected chi connectivity index (χ4v) is 4.10. The van der Waals surface area contributed by atoms with E-state index in [-0.39, 0.29) is 5.91 Å². The van der Waals surface area contributed by atoms with E-state index in [9.17, 15) is 4.79 Å². The lowest BCUT2D eigenvalue weighted by atomic mass is 9.80. The van der Waals surface area contributed by atoms with Crippen molar-refractivity contribution >= 4 is 12.1 Å². The van der Waals surface area contributed by atoms with Crippen LogP contribution < -0.4 is 5.43 Å². The highest BCUT2D eigenvalue weighted by molar-refractivity contribution is 5.76. The summed E-state index contributed by atoms with van der Waals surface area (Å²) in [5, 5.41) is 4.16. The lowest BCUT2D eigenvalue weighted by Crippen LogP contribution is -2.42. The van der Waals surface area contributed by atoms with Crippen LogP contribution in [-0.4, -0.2) is 31.1 Å². The first kappa shape index (κ1) is 17.6. The summed E-state index contributed by atoms with van der Waals surface area (Å²) in [5.41, 5.74) is 4.15. The van der Waals surface area contributed by atoms with Crippen LogP contribution in [0.3, 0.4) is 0 Å². The molecule has 0 aromatic heterocycles. The van der Waals surface area contributed by atoms with Gasteiger partial charge < -0.3 is 9.47 Å². The quantitative estimate of drug-likeness (QED) is 0.475. The second-order valence-corrected chi connectivity index (χ2v) is 7.39. The number of carbonyl (C=O) groups excluding carboxylic acids is 1. The Hall–Kier alpha value is -1.20. The summed E-state index contributed by atoms with van der Waals surface area (Å²) in [6, 6.07) is 0. The number of ether oxygens (including phenoxy) is 2. The molecule has 3 aliphatic rings. The van der Waals surface area contributed by atoms with Gasteiger partial charge in [-0.1, -0.05) is 18.1 Å². The van der Waals surface area contributed by atoms with Crippen molar-refractivity contribution in [2.45, 2.75) is 70.5 Å². The monoisotopic (exact) mass is 334 g/mol. The molecule has 2 unspecified atom stereocenters. The zero-order valence-electron chi connectivity index (χ0n) is 14.8. The van der Waals surface area contributed by atoms with E-state index in [4.69, 9.17) is 9.47 Å². The van der Waals surface area contributed by atoms with Gasteiger partial charge in [-0.2, -0.15) is 5.10 Å². The molecule has 2 aliphatic carbocycles. The van der Waals surface area contributed by atoms with Crippen molar-refractivity contribution in [2.75, 3.05) is 13.2 Å². The molecule has 2 atom stereocenters. The molecule has 0 radical (unpaired) electrons. The Morgan fingerprint density at radius 1 is 1.38 bits per heavy atom. The van der Waals surface area contributed by atoms with Gasteiger partial charge in [0.1, 0.15) is 0 Å². The average Bonchev–Trinajstić information content (AvgIpc) is 3.05. The minimum Gasteiger partial charge on any atom is -0.347 e. The lowest BCUT2D eigenvalue weighted by molar-refractivity contribution is -0.213. The fourth-order valence-electron chi connectivity index (χ4n) is 4.10. The summed E-state index contributed by atoms with van der Waals surface area (Å²) < 4.78 is 11.8. The van der Waals surface area contributed by atoms with Crippen LogP contribution in [0.15, 0.2) is 16.8 Å². The Bertz CT molecular complexity index is 495. The highest BCUT2D eigenvalue weighted by Gasteiger charge is 2.45. The molecule has 0 aromatic carbocycles. The lowest BCUT2D eigenvalue weighted by Gasteiger charge is -2.39. The molecular weight excluding hydrogens is 304 g/mol. The van der Waals surface area contributed by atoms with Crippen molar-refractivity contribution in [3.8, 4) is 0 Å². The van der Waals surface area contributed by atoms with E-state index in [0.29, 0.717) is 31.5 Å². The molecule has 3 rings (SSSR count). The van der Waals surface area contributed by atoms with Crippen LogP contribution in [0.2, 0.25) is 0 Å². The Labute approximate surface area is 144 Å². The largest absolute Gasteiger partial charge is 0.347 e. The molecule has 1 heterocycles. The maximum absolute atomic E-state index is 12.1. The summed E-state index contributed by atoms with van der Waals surface area (Å²) in [5.74, 6) is 0.368. The SMILES string of the molecule is CC1=CCC(C=NNC(=O)CCC2CCCCC23OCCO3)CC1. The molecule has 1 aliphatic heterocycles. The number of rotatable bonds is 5. The number of hydrogen-bond acceptors (Lipinski definition) is 4. The first-order valence-electron chi connectivity index (χ1n) is 9.43. The summed E-state index contributed by atoms with van der Waals surface area (Å²) in [6.45, 7) is 3.54. The third-order valence-corrected chi connectivity index (χ3v) is 5.60. The van der Waals surface area contributed by atoms with Crippen molar-refractivity contribution in [3.63, 3.8) is 0 Å². The van der Waals surface area contributed by atoms with E-state index < -0.39 is 5.79 Å². The van der Waals surface area contributed by atoms with Crippen molar-refractivity contribution < 1.29 is 14.3 Å². The molecule has 1 amide bonds. The standard InChI is InChI=1S/C19H30N2O3/c1-15-5-7-16(8-6-15)14-20-21-18(22)10-9-17-4-2-3-11-19(17)23-12-13-24-19/h5,14,16-17H,2-4,6-13H2,1H3,(H,21,22). The molecule has 1 saturated carbocycles. The molecule has 1 saturated heterocycles. The number of amides is 1. The van der Waals surface area contributed by atoms with E-state index in [0.717, 1.165) is 44.9 Å². The maximum atomic E-state index is 12.1. The van der Waals surface area contributed by atoms with Gasteiger partial charge in [0.05, 0.1) is 13.2 Å². The van der Waals surface area contributed by atoms with E-state index in [1.807, 2.05) is 6.21 Å². The molecular formula is C19H30N2O3. The van der Waals surface area contributed by atoms with Crippen molar-refractivity contribution in [1.29, 1.82) is 0 Å². The normalized spacial score (nSPS) is 29.8. The number of carbonyl (C=O) groups is 1. The number of allylic oxidation sites excluding steroid dienone is 2. The van der Waals surface area contributed by atoms with Gasteiger partial charge in [0, 0.05) is 25.0 Å². The molecule has 134 valence electrons. The third kappa shape index (κ3) is 4.45. The number of nitrogens with zero attached hydrogens (tertiary/aromatic N) is 1. The van der Waals surface area contributed by atoms with Crippen LogP contribution in [0.1, 0.15) is 64.7 Å². The number of hydrogen-bond donors (Lipinski definition) is 1. The van der Waals surface area contributed by atoms with E-state index in [1.54, 1.807) is 0 Å². The molecule has 2 fully saturated rings. The van der Waals surface area contributed by atoms with E-state index >= 15 is 0 Å². The second kappa shape index (κ2) is 8.26. The Balaban J connectivity index is 1.40. The Morgan fingerprint density at radius 2 is 2.21 bits per heavy atom. The first-order valence-corrected chi connectivity index (χ1v) is 9.43. The molecule has 0 aromatic rings. The fraction of sp³-hybridized carbons (Fsp3) is 0.789. The third-order valence-electron chi connectivity index (χ3n) is 5.60. The van der Waals surface area contributed by atoms with Crippen molar-refractivity contribution in [3.05, 3.63) is 11.6 Å². The van der Waals surface area contributed by atoms with Gasteiger partial charge in [-0.3, -0.25) is 4.79 Å². The Morgan fingerprint density at radius 3 is 2.96 bits per heavy atom. The highest BCUT2D eigenvalue weighted by atomic mass is 16.7. The van der Waals surface area contributed by atoms with Gasteiger partial charge in [0.25, 0.3) is 0 Å². The van der Waals surface area contributed by atoms with Crippen LogP contribution >= 0.6 is 0 Å². The molecule has 1 spiro atoms. The second-order valence-electron chi connectivity index (χ2n) is 7.39. The molecule has 1 N–H and O–H groups in total. The molecule has 5 heteroatoms. The maximum Gasteiger partial charge on any atom is 0.240 e. The van der Waals surface area contributed by atoms with Crippen LogP contribution in [0.4, 0.5) is 0 Å². The average molecular weight is 334 g/mol. The predicted octanol–water partition coefficient (Wildman–Crippen LogP) is 3.55. The van der Waals surface area contributed by atoms with Crippen molar-refractivity contribution in [1.82, 2.24) is 5.43 Å². The molecule has 0 bridgehead atoms. The summed E-state index contributed by atoms with van der Waals surface area (Å²) in [6.07, 6.45) is 13.2. The summed E-state index contributed by atoms with van der Waals surface area (Å²) in [7, 11) is 0. The molecule has 5 nitrogen and oxygen atoms in total. The summed E-state index contributed by atoms with van der Waals surface area (Å²) in [4.78, 5) is 12.1. The van der Waals surface area contributed by atoms with Gasteiger partial charge >= 0.3 is 0 Å². The topological polar surface area (TPSA) is 59.9 Å². The zero-order valence-corrected chi connectivity index (χ0v) is 14.8. The van der Waals surface area contributed by atoms with E-state index in [2.05, 4.69) is 23.5 Å². The minimum atomic E-state index is -0.409. The van der Waals surface area contributed by atoms with Gasteiger partial charge in [-0.25, -0.2) is 5.43 Å². The van der Waals surface area contributed by atoms with Crippen LogP contribution in [-0.2, 0) is 14.3 Å². The minimum absolute atomic E-state index is 0.00694. The summed E-state index contributed by atoms with van der Waals surface area (Å²) >= 11 is 0. The number of nitrogens with one attached hydrogen (secondary N) is 1. The molecule has 24 heavy (non-hydrogen) atoms. The van der Waals surface area contributed by atoms with Crippen LogP contribution in [0, 0.1) is 11.8 Å². The van der Waals surface area contributed by atoms with Gasteiger partial charge in [-0.15, -0.1) is 0 Å². The van der Waals surface area contributed by atoms with Crippen molar-refractivity contribution in [2.24, 2.45) is 16.9 Å².